The van der Waals surface area contributed by atoms with Crippen molar-refractivity contribution < 1.29 is 13.9 Å². The molecule has 3 aromatic rings. The van der Waals surface area contributed by atoms with Crippen molar-refractivity contribution >= 4 is 11.6 Å². The maximum absolute atomic E-state index is 13.4. The van der Waals surface area contributed by atoms with E-state index in [1.54, 1.807) is 6.07 Å². The van der Waals surface area contributed by atoms with E-state index in [1.165, 1.54) is 12.1 Å². The summed E-state index contributed by atoms with van der Waals surface area (Å²) in [5.74, 6) is -0.714. The van der Waals surface area contributed by atoms with Crippen LogP contribution in [0.4, 0.5) is 10.1 Å². The number of halogens is 1. The normalized spacial score (nSPS) is 10.7. The molecule has 1 N–H and O–H groups in total. The molecule has 0 aliphatic rings. The lowest BCUT2D eigenvalue weighted by Gasteiger charge is -2.19. The summed E-state index contributed by atoms with van der Waals surface area (Å²) in [4.78, 5) is 12.3. The zero-order valence-corrected chi connectivity index (χ0v) is 14.5. The zero-order chi connectivity index (χ0) is 18.4. The van der Waals surface area contributed by atoms with Crippen molar-refractivity contribution in [1.29, 1.82) is 0 Å². The highest BCUT2D eigenvalue weighted by atomic mass is 19.1. The Labute approximate surface area is 152 Å². The van der Waals surface area contributed by atoms with Crippen LogP contribution in [0.25, 0.3) is 0 Å². The third kappa shape index (κ3) is 4.55. The van der Waals surface area contributed by atoms with E-state index in [0.717, 1.165) is 16.7 Å². The van der Waals surface area contributed by atoms with Gasteiger partial charge in [0.2, 0.25) is 5.91 Å². The number of carbonyl (C=O) groups excluding carboxylic acids is 1. The number of amides is 1. The molecule has 0 aliphatic carbocycles. The predicted molar refractivity (Wildman–Crippen MR) is 100 cm³/mol. The largest absolute Gasteiger partial charge is 0.359 e. The molecule has 0 spiro atoms. The second kappa shape index (κ2) is 8.41. The molecule has 0 atom stereocenters. The van der Waals surface area contributed by atoms with Crippen molar-refractivity contribution in [3.05, 3.63) is 101 Å². The quantitative estimate of drug-likeness (QED) is 0.689. The van der Waals surface area contributed by atoms with Crippen molar-refractivity contribution in [3.8, 4) is 0 Å². The van der Waals surface area contributed by atoms with E-state index < -0.39 is 5.82 Å². The van der Waals surface area contributed by atoms with Gasteiger partial charge in [0, 0.05) is 5.69 Å². The highest BCUT2D eigenvalue weighted by Crippen LogP contribution is 2.25. The van der Waals surface area contributed by atoms with Gasteiger partial charge in [0.25, 0.3) is 0 Å². The van der Waals surface area contributed by atoms with Gasteiger partial charge in [-0.25, -0.2) is 4.39 Å². The highest BCUT2D eigenvalue weighted by Gasteiger charge is 2.16. The van der Waals surface area contributed by atoms with Crippen LogP contribution in [0.2, 0.25) is 0 Å². The Morgan fingerprint density at radius 3 is 2.12 bits per heavy atom. The van der Waals surface area contributed by atoms with Gasteiger partial charge in [-0.15, -0.1) is 0 Å². The van der Waals surface area contributed by atoms with Crippen molar-refractivity contribution in [1.82, 2.24) is 0 Å². The summed E-state index contributed by atoms with van der Waals surface area (Å²) in [6.07, 6.45) is -0.350. The molecule has 3 nitrogen and oxygen atoms in total. The van der Waals surface area contributed by atoms with Crippen LogP contribution in [0.1, 0.15) is 22.8 Å². The number of rotatable bonds is 6. The smallest absolute Gasteiger partial charge is 0.250 e. The van der Waals surface area contributed by atoms with E-state index >= 15 is 0 Å². The summed E-state index contributed by atoms with van der Waals surface area (Å²) in [5, 5.41) is 2.71. The van der Waals surface area contributed by atoms with Gasteiger partial charge in [-0.2, -0.15) is 0 Å². The van der Waals surface area contributed by atoms with Gasteiger partial charge in [0.1, 0.15) is 18.5 Å². The van der Waals surface area contributed by atoms with Crippen LogP contribution in [0.5, 0.6) is 0 Å². The Morgan fingerprint density at radius 2 is 1.54 bits per heavy atom. The molecule has 1 amide bonds. The number of hydrogen-bond acceptors (Lipinski definition) is 2. The minimum absolute atomic E-state index is 0.135. The van der Waals surface area contributed by atoms with Crippen LogP contribution in [0.15, 0.2) is 78.9 Å². The van der Waals surface area contributed by atoms with E-state index in [1.807, 2.05) is 67.6 Å². The molecule has 0 fully saturated rings. The summed E-state index contributed by atoms with van der Waals surface area (Å²) in [5.41, 5.74) is 3.18. The molecule has 26 heavy (non-hydrogen) atoms. The van der Waals surface area contributed by atoms with Crippen molar-refractivity contribution in [2.45, 2.75) is 13.0 Å². The maximum Gasteiger partial charge on any atom is 0.250 e. The van der Waals surface area contributed by atoms with Crippen LogP contribution < -0.4 is 5.32 Å². The average molecular weight is 349 g/mol. The first-order valence-corrected chi connectivity index (χ1v) is 8.41. The second-order valence-electron chi connectivity index (χ2n) is 6.02. The Morgan fingerprint density at radius 1 is 0.962 bits per heavy atom. The number of ether oxygens (including phenoxy) is 1. The lowest BCUT2D eigenvalue weighted by molar-refractivity contribution is -0.121. The molecule has 0 saturated heterocycles. The van der Waals surface area contributed by atoms with Crippen LogP contribution in [-0.4, -0.2) is 12.5 Å². The van der Waals surface area contributed by atoms with Crippen molar-refractivity contribution in [2.24, 2.45) is 0 Å². The maximum atomic E-state index is 13.4. The summed E-state index contributed by atoms with van der Waals surface area (Å²) >= 11 is 0. The molecule has 0 aliphatic heterocycles. The molecule has 4 heteroatoms. The van der Waals surface area contributed by atoms with E-state index in [0.29, 0.717) is 5.69 Å². The van der Waals surface area contributed by atoms with Crippen LogP contribution in [0.3, 0.4) is 0 Å². The second-order valence-corrected chi connectivity index (χ2v) is 6.02. The fourth-order valence-electron chi connectivity index (χ4n) is 2.71. The molecule has 3 rings (SSSR count). The highest BCUT2D eigenvalue weighted by molar-refractivity contribution is 5.92. The van der Waals surface area contributed by atoms with E-state index in [-0.39, 0.29) is 18.6 Å². The van der Waals surface area contributed by atoms with Gasteiger partial charge in [-0.05, 0) is 35.7 Å². The summed E-state index contributed by atoms with van der Waals surface area (Å²) in [6, 6.07) is 23.8. The number of aryl methyl sites for hydroxylation is 1. The van der Waals surface area contributed by atoms with Gasteiger partial charge in [-0.3, -0.25) is 4.79 Å². The summed E-state index contributed by atoms with van der Waals surface area (Å²) in [6.45, 7) is 1.68. The lowest BCUT2D eigenvalue weighted by atomic mass is 10.0. The molecule has 0 aromatic heterocycles. The molecule has 3 aromatic carbocycles. The number of carbonyl (C=O) groups is 1. The summed E-state index contributed by atoms with van der Waals surface area (Å²) in [7, 11) is 0. The van der Waals surface area contributed by atoms with Gasteiger partial charge < -0.3 is 10.1 Å². The van der Waals surface area contributed by atoms with Gasteiger partial charge in [0.05, 0.1) is 0 Å². The molecule has 0 bridgehead atoms. The first-order chi connectivity index (χ1) is 12.6. The van der Waals surface area contributed by atoms with E-state index in [4.69, 9.17) is 4.74 Å². The Hall–Kier alpha value is -2.98. The average Bonchev–Trinajstić information content (AvgIpc) is 2.67. The Kier molecular flexibility index (Phi) is 5.77. The number of nitrogens with one attached hydrogen (secondary N) is 1. The molecule has 0 saturated carbocycles. The van der Waals surface area contributed by atoms with Gasteiger partial charge >= 0.3 is 0 Å². The number of benzene rings is 3. The molecule has 0 heterocycles. The molecule has 0 radical (unpaired) electrons. The third-order valence-corrected chi connectivity index (χ3v) is 4.06. The minimum Gasteiger partial charge on any atom is -0.359 e. The van der Waals surface area contributed by atoms with Crippen LogP contribution >= 0.6 is 0 Å². The first kappa shape index (κ1) is 17.8. The van der Waals surface area contributed by atoms with E-state index in [2.05, 4.69) is 5.32 Å². The molecular weight excluding hydrogens is 329 g/mol. The lowest BCUT2D eigenvalue weighted by Crippen LogP contribution is -2.21. The number of hydrogen-bond donors (Lipinski definition) is 1. The van der Waals surface area contributed by atoms with Gasteiger partial charge in [0.15, 0.2) is 0 Å². The van der Waals surface area contributed by atoms with Crippen LogP contribution in [-0.2, 0) is 9.53 Å². The summed E-state index contributed by atoms with van der Waals surface area (Å²) < 4.78 is 19.3. The first-order valence-electron chi connectivity index (χ1n) is 8.41. The Bertz CT molecular complexity index is 826. The fourth-order valence-corrected chi connectivity index (χ4v) is 2.71. The van der Waals surface area contributed by atoms with Crippen molar-refractivity contribution in [2.75, 3.05) is 11.9 Å². The topological polar surface area (TPSA) is 38.3 Å². The standard InChI is InChI=1S/C22H20FNO2/c1-16-12-13-19(23)14-20(16)24-21(25)15-26-22(17-8-4-2-5-9-17)18-10-6-3-7-11-18/h2-14,22H,15H2,1H3,(H,24,25). The predicted octanol–water partition coefficient (Wildman–Crippen LogP) is 4.88. The monoisotopic (exact) mass is 349 g/mol. The zero-order valence-electron chi connectivity index (χ0n) is 14.5. The molecule has 132 valence electrons. The van der Waals surface area contributed by atoms with Crippen LogP contribution in [0, 0.1) is 12.7 Å². The third-order valence-electron chi connectivity index (χ3n) is 4.06. The number of anilines is 1. The van der Waals surface area contributed by atoms with E-state index in [9.17, 15) is 9.18 Å². The Balaban J connectivity index is 1.72. The van der Waals surface area contributed by atoms with Crippen molar-refractivity contribution in [3.63, 3.8) is 0 Å². The van der Waals surface area contributed by atoms with Gasteiger partial charge in [-0.1, -0.05) is 66.7 Å². The fraction of sp³-hybridized carbons (Fsp3) is 0.136. The minimum atomic E-state index is -0.390. The SMILES string of the molecule is Cc1ccc(F)cc1NC(=O)COC(c1ccccc1)c1ccccc1. The molecule has 0 unspecified atom stereocenters. The molecular formula is C22H20FNO2.